The number of benzene rings is 1. The number of rotatable bonds is 10. The molecule has 0 saturated heterocycles. The van der Waals surface area contributed by atoms with E-state index in [-0.39, 0.29) is 5.82 Å². The van der Waals surface area contributed by atoms with Crippen molar-refractivity contribution in [1.29, 1.82) is 0 Å². The average molecular weight is 390 g/mol. The highest BCUT2D eigenvalue weighted by Gasteiger charge is 2.31. The fourth-order valence-corrected chi connectivity index (χ4v) is 3.28. The van der Waals surface area contributed by atoms with Crippen molar-refractivity contribution in [3.05, 3.63) is 60.1 Å². The Morgan fingerprint density at radius 3 is 2.89 bits per heavy atom. The van der Waals surface area contributed by atoms with Gasteiger partial charge in [-0.2, -0.15) is 0 Å². The van der Waals surface area contributed by atoms with Crippen molar-refractivity contribution in [2.24, 2.45) is 11.8 Å². The Hall–Kier alpha value is -2.40. The molecule has 0 unspecified atom stereocenters. The van der Waals surface area contributed by atoms with Gasteiger partial charge in [0, 0.05) is 12.5 Å². The SMILES string of the molecule is O=C(O)C(O)(O)CC=C=CC[C@H]1CCC[C@@H]1/C=C/CCOc1cccc(F)c1. The molecule has 1 aromatic carbocycles. The quantitative estimate of drug-likeness (QED) is 0.245. The van der Waals surface area contributed by atoms with Gasteiger partial charge in [0.05, 0.1) is 6.61 Å². The Morgan fingerprint density at radius 1 is 1.32 bits per heavy atom. The van der Waals surface area contributed by atoms with Crippen LogP contribution in [-0.2, 0) is 4.79 Å². The summed E-state index contributed by atoms with van der Waals surface area (Å²) in [5.41, 5.74) is 2.83. The maximum Gasteiger partial charge on any atom is 0.364 e. The molecule has 152 valence electrons. The smallest absolute Gasteiger partial charge is 0.364 e. The van der Waals surface area contributed by atoms with Gasteiger partial charge in [0.15, 0.2) is 0 Å². The highest BCUT2D eigenvalue weighted by Crippen LogP contribution is 2.35. The van der Waals surface area contributed by atoms with Gasteiger partial charge in [0.25, 0.3) is 5.79 Å². The van der Waals surface area contributed by atoms with Gasteiger partial charge < -0.3 is 20.1 Å². The summed E-state index contributed by atoms with van der Waals surface area (Å²) >= 11 is 0. The number of carbonyl (C=O) groups is 1. The van der Waals surface area contributed by atoms with E-state index in [1.54, 1.807) is 12.1 Å². The zero-order chi connectivity index (χ0) is 20.4. The van der Waals surface area contributed by atoms with E-state index in [4.69, 9.17) is 9.84 Å². The predicted octanol–water partition coefficient (Wildman–Crippen LogP) is 3.82. The first-order valence-corrected chi connectivity index (χ1v) is 9.51. The normalized spacial score (nSPS) is 19.4. The van der Waals surface area contributed by atoms with Crippen LogP contribution >= 0.6 is 0 Å². The zero-order valence-electron chi connectivity index (χ0n) is 15.8. The van der Waals surface area contributed by atoms with E-state index in [0.717, 1.165) is 32.1 Å². The lowest BCUT2D eigenvalue weighted by molar-refractivity contribution is -0.201. The van der Waals surface area contributed by atoms with Crippen LogP contribution in [0.2, 0.25) is 0 Å². The van der Waals surface area contributed by atoms with Crippen molar-refractivity contribution >= 4 is 5.97 Å². The molecular weight excluding hydrogens is 363 g/mol. The standard InChI is InChI=1S/C22H27FO5/c23-19-12-7-13-20(16-19)28-15-5-3-9-18-11-6-10-17(18)8-2-1-4-14-22(26,27)21(24)25/h2-4,7,9,12-13,16-18,26-27H,5-6,8,10-11,14-15H2,(H,24,25)/b9-3+/t1?,17-,18-/m0/s1. The van der Waals surface area contributed by atoms with Crippen molar-refractivity contribution in [2.45, 2.75) is 44.3 Å². The van der Waals surface area contributed by atoms with Gasteiger partial charge in [-0.25, -0.2) is 9.18 Å². The second kappa shape index (κ2) is 10.8. The molecule has 1 aromatic rings. The summed E-state index contributed by atoms with van der Waals surface area (Å²) in [4.78, 5) is 10.6. The third-order valence-corrected chi connectivity index (χ3v) is 4.84. The van der Waals surface area contributed by atoms with Crippen LogP contribution in [0.3, 0.4) is 0 Å². The first kappa shape index (κ1) is 21.9. The first-order valence-electron chi connectivity index (χ1n) is 9.51. The van der Waals surface area contributed by atoms with Crippen molar-refractivity contribution < 1.29 is 29.2 Å². The van der Waals surface area contributed by atoms with Crippen LogP contribution in [0, 0.1) is 17.7 Å². The zero-order valence-corrected chi connectivity index (χ0v) is 15.8. The van der Waals surface area contributed by atoms with Crippen LogP contribution < -0.4 is 4.74 Å². The lowest BCUT2D eigenvalue weighted by Gasteiger charge is -2.14. The van der Waals surface area contributed by atoms with Crippen LogP contribution in [0.15, 0.2) is 54.3 Å². The highest BCUT2D eigenvalue weighted by atomic mass is 19.1. The van der Waals surface area contributed by atoms with Gasteiger partial charge in [-0.05, 0) is 61.8 Å². The fourth-order valence-electron chi connectivity index (χ4n) is 3.28. The molecule has 1 saturated carbocycles. The van der Waals surface area contributed by atoms with Gasteiger partial charge >= 0.3 is 5.97 Å². The molecule has 0 heterocycles. The largest absolute Gasteiger partial charge is 0.493 e. The van der Waals surface area contributed by atoms with Crippen LogP contribution in [-0.4, -0.2) is 33.7 Å². The van der Waals surface area contributed by atoms with Crippen molar-refractivity contribution in [3.63, 3.8) is 0 Å². The number of hydrogen-bond donors (Lipinski definition) is 3. The molecule has 0 amide bonds. The van der Waals surface area contributed by atoms with Crippen molar-refractivity contribution in [1.82, 2.24) is 0 Å². The van der Waals surface area contributed by atoms with E-state index in [2.05, 4.69) is 17.9 Å². The predicted molar refractivity (Wildman–Crippen MR) is 103 cm³/mol. The van der Waals surface area contributed by atoms with Crippen molar-refractivity contribution in [3.8, 4) is 5.75 Å². The molecule has 28 heavy (non-hydrogen) atoms. The molecule has 2 rings (SSSR count). The Kier molecular flexibility index (Phi) is 8.45. The van der Waals surface area contributed by atoms with Gasteiger partial charge in [0.2, 0.25) is 0 Å². The molecule has 0 bridgehead atoms. The van der Waals surface area contributed by atoms with Crippen LogP contribution in [0.4, 0.5) is 4.39 Å². The Labute approximate surface area is 164 Å². The second-order valence-corrected chi connectivity index (χ2v) is 7.01. The summed E-state index contributed by atoms with van der Waals surface area (Å²) in [6, 6.07) is 6.10. The Balaban J connectivity index is 1.72. The number of aliphatic hydroxyl groups is 2. The van der Waals surface area contributed by atoms with Crippen LogP contribution in [0.25, 0.3) is 0 Å². The number of carboxylic acids is 1. The third-order valence-electron chi connectivity index (χ3n) is 4.84. The monoisotopic (exact) mass is 390 g/mol. The molecular formula is C22H27FO5. The summed E-state index contributed by atoms with van der Waals surface area (Å²) in [5.74, 6) is -3.23. The second-order valence-electron chi connectivity index (χ2n) is 7.01. The summed E-state index contributed by atoms with van der Waals surface area (Å²) in [6.45, 7) is 0.494. The minimum absolute atomic E-state index is 0.310. The van der Waals surface area contributed by atoms with Gasteiger partial charge in [-0.15, -0.1) is 5.73 Å². The Bertz CT molecular complexity index is 734. The van der Waals surface area contributed by atoms with E-state index in [1.165, 1.54) is 18.2 Å². The molecule has 3 N–H and O–H groups in total. The maximum absolute atomic E-state index is 13.1. The number of carboxylic acid groups (broad SMARTS) is 1. The highest BCUT2D eigenvalue weighted by molar-refractivity contribution is 5.75. The minimum atomic E-state index is -2.74. The maximum atomic E-state index is 13.1. The molecule has 0 radical (unpaired) electrons. The summed E-state index contributed by atoms with van der Waals surface area (Å²) in [5, 5.41) is 27.0. The van der Waals surface area contributed by atoms with Gasteiger partial charge in [0.1, 0.15) is 11.6 Å². The molecule has 0 aliphatic heterocycles. The summed E-state index contributed by atoms with van der Waals surface area (Å²) in [6.07, 6.45) is 12.0. The van der Waals surface area contributed by atoms with E-state index in [9.17, 15) is 19.4 Å². The Morgan fingerprint density at radius 2 is 2.14 bits per heavy atom. The topological polar surface area (TPSA) is 87.0 Å². The fraction of sp³-hybridized carbons (Fsp3) is 0.455. The van der Waals surface area contributed by atoms with Crippen LogP contribution in [0.5, 0.6) is 5.75 Å². The minimum Gasteiger partial charge on any atom is -0.493 e. The summed E-state index contributed by atoms with van der Waals surface area (Å²) < 4.78 is 18.6. The summed E-state index contributed by atoms with van der Waals surface area (Å²) in [7, 11) is 0. The third kappa shape index (κ3) is 7.31. The van der Waals surface area contributed by atoms with Crippen molar-refractivity contribution in [2.75, 3.05) is 6.61 Å². The number of allylic oxidation sites excluding steroid dienone is 1. The molecule has 6 heteroatoms. The molecule has 0 aromatic heterocycles. The lowest BCUT2D eigenvalue weighted by atomic mass is 9.92. The van der Waals surface area contributed by atoms with Gasteiger partial charge in [-0.3, -0.25) is 0 Å². The molecule has 1 aliphatic carbocycles. The molecule has 1 fully saturated rings. The lowest BCUT2D eigenvalue weighted by Crippen LogP contribution is -2.37. The van der Waals surface area contributed by atoms with Gasteiger partial charge in [-0.1, -0.05) is 24.6 Å². The molecule has 5 nitrogen and oxygen atoms in total. The first-order chi connectivity index (χ1) is 13.4. The van der Waals surface area contributed by atoms with Crippen LogP contribution in [0.1, 0.15) is 38.5 Å². The number of halogens is 1. The molecule has 0 spiro atoms. The van der Waals surface area contributed by atoms with E-state index in [0.29, 0.717) is 24.2 Å². The number of aliphatic carboxylic acids is 1. The average Bonchev–Trinajstić information content (AvgIpc) is 3.08. The number of ether oxygens (including phenoxy) is 1. The molecule has 2 atom stereocenters. The number of hydrogen-bond acceptors (Lipinski definition) is 4. The van der Waals surface area contributed by atoms with E-state index >= 15 is 0 Å². The van der Waals surface area contributed by atoms with E-state index < -0.39 is 18.2 Å². The molecule has 1 aliphatic rings. The van der Waals surface area contributed by atoms with E-state index in [1.807, 2.05) is 6.08 Å².